The molecule has 3 rings (SSSR count). The molecule has 23 heavy (non-hydrogen) atoms. The Labute approximate surface area is 137 Å². The number of aromatic nitrogens is 2. The average molecular weight is 312 g/mol. The molecule has 1 atom stereocenters. The molecule has 0 radical (unpaired) electrons. The Hall–Kier alpha value is -2.30. The fourth-order valence-corrected chi connectivity index (χ4v) is 2.81. The van der Waals surface area contributed by atoms with Crippen LogP contribution in [0.3, 0.4) is 0 Å². The molecule has 0 spiro atoms. The van der Waals surface area contributed by atoms with Gasteiger partial charge >= 0.3 is 0 Å². The van der Waals surface area contributed by atoms with Crippen LogP contribution in [-0.2, 0) is 13.0 Å². The van der Waals surface area contributed by atoms with E-state index in [0.717, 1.165) is 43.3 Å². The lowest BCUT2D eigenvalue weighted by Gasteiger charge is -2.30. The lowest BCUT2D eigenvalue weighted by molar-refractivity contribution is 0.413. The van der Waals surface area contributed by atoms with Gasteiger partial charge in [-0.3, -0.25) is 0 Å². The van der Waals surface area contributed by atoms with Gasteiger partial charge in [0.1, 0.15) is 23.7 Å². The molecule has 1 N–H and O–H groups in total. The van der Waals surface area contributed by atoms with Crippen molar-refractivity contribution in [3.05, 3.63) is 41.7 Å². The number of fused-ring (bicyclic) bond motifs is 1. The number of hydrogen-bond donors (Lipinski definition) is 1. The summed E-state index contributed by atoms with van der Waals surface area (Å²) in [6, 6.07) is 8.77. The number of nitrogens with one attached hydrogen (secondary N) is 1. The van der Waals surface area contributed by atoms with E-state index < -0.39 is 0 Å². The number of ether oxygens (including phenoxy) is 1. The van der Waals surface area contributed by atoms with E-state index in [4.69, 9.17) is 4.74 Å². The standard InChI is InChI=1S/C18H24N4O/c1-4-13(2)21-17-10-18(20-12-19-17)22-8-7-14-9-16(23-3)6-5-15(14)11-22/h5-6,9-10,12-13H,4,7-8,11H2,1-3H3,(H,19,20,21)/t13-/m0/s1. The van der Waals surface area contributed by atoms with Crippen molar-refractivity contribution in [1.82, 2.24) is 9.97 Å². The average Bonchev–Trinajstić information content (AvgIpc) is 2.60. The molecule has 1 aromatic heterocycles. The Morgan fingerprint density at radius 3 is 2.91 bits per heavy atom. The number of methoxy groups -OCH3 is 1. The van der Waals surface area contributed by atoms with Crippen molar-refractivity contribution in [2.24, 2.45) is 0 Å². The maximum absolute atomic E-state index is 5.31. The highest BCUT2D eigenvalue weighted by molar-refractivity contribution is 5.51. The van der Waals surface area contributed by atoms with Crippen LogP contribution in [0.25, 0.3) is 0 Å². The Morgan fingerprint density at radius 1 is 1.26 bits per heavy atom. The van der Waals surface area contributed by atoms with Crippen molar-refractivity contribution in [1.29, 1.82) is 0 Å². The molecule has 1 aliphatic rings. The zero-order valence-corrected chi connectivity index (χ0v) is 14.0. The topological polar surface area (TPSA) is 50.3 Å². The molecule has 0 aliphatic carbocycles. The summed E-state index contributed by atoms with van der Waals surface area (Å²) >= 11 is 0. The predicted octanol–water partition coefficient (Wildman–Crippen LogP) is 3.26. The molecule has 0 saturated carbocycles. The van der Waals surface area contributed by atoms with Crippen molar-refractivity contribution in [3.63, 3.8) is 0 Å². The summed E-state index contributed by atoms with van der Waals surface area (Å²) in [5.41, 5.74) is 2.71. The van der Waals surface area contributed by atoms with E-state index in [1.54, 1.807) is 13.4 Å². The summed E-state index contributed by atoms with van der Waals surface area (Å²) in [4.78, 5) is 11.1. The number of benzene rings is 1. The van der Waals surface area contributed by atoms with E-state index in [9.17, 15) is 0 Å². The SMILES string of the molecule is CC[C@H](C)Nc1cc(N2CCc3cc(OC)ccc3C2)ncn1. The van der Waals surface area contributed by atoms with Crippen LogP contribution in [0.15, 0.2) is 30.6 Å². The smallest absolute Gasteiger partial charge is 0.134 e. The minimum atomic E-state index is 0.410. The Balaban J connectivity index is 1.76. The molecule has 0 fully saturated rings. The molecular weight excluding hydrogens is 288 g/mol. The minimum absolute atomic E-state index is 0.410. The van der Waals surface area contributed by atoms with Gasteiger partial charge in [-0.15, -0.1) is 0 Å². The summed E-state index contributed by atoms with van der Waals surface area (Å²) in [7, 11) is 1.71. The van der Waals surface area contributed by atoms with Crippen molar-refractivity contribution in [2.45, 2.75) is 39.3 Å². The van der Waals surface area contributed by atoms with Crippen molar-refractivity contribution >= 4 is 11.6 Å². The van der Waals surface area contributed by atoms with E-state index in [-0.39, 0.29) is 0 Å². The van der Waals surface area contributed by atoms with E-state index in [2.05, 4.69) is 46.2 Å². The van der Waals surface area contributed by atoms with E-state index in [0.29, 0.717) is 6.04 Å². The number of hydrogen-bond acceptors (Lipinski definition) is 5. The lowest BCUT2D eigenvalue weighted by atomic mass is 9.99. The third kappa shape index (κ3) is 3.55. The van der Waals surface area contributed by atoms with E-state index in [1.165, 1.54) is 11.1 Å². The second kappa shape index (κ2) is 6.86. The molecule has 5 nitrogen and oxygen atoms in total. The molecule has 0 saturated heterocycles. The largest absolute Gasteiger partial charge is 0.497 e. The molecule has 122 valence electrons. The summed E-state index contributed by atoms with van der Waals surface area (Å²) < 4.78 is 5.31. The summed E-state index contributed by atoms with van der Waals surface area (Å²) in [6.07, 6.45) is 3.71. The van der Waals surface area contributed by atoms with Gasteiger partial charge < -0.3 is 15.0 Å². The molecule has 0 unspecified atom stereocenters. The van der Waals surface area contributed by atoms with Crippen LogP contribution in [0.1, 0.15) is 31.4 Å². The lowest BCUT2D eigenvalue weighted by Crippen LogP contribution is -2.31. The minimum Gasteiger partial charge on any atom is -0.497 e. The van der Waals surface area contributed by atoms with Gasteiger partial charge in [0.15, 0.2) is 0 Å². The molecule has 5 heteroatoms. The van der Waals surface area contributed by atoms with E-state index in [1.807, 2.05) is 12.1 Å². The fourth-order valence-electron chi connectivity index (χ4n) is 2.81. The molecule has 2 aromatic rings. The van der Waals surface area contributed by atoms with Gasteiger partial charge in [0, 0.05) is 25.2 Å². The quantitative estimate of drug-likeness (QED) is 0.918. The Bertz CT molecular complexity index is 674. The van der Waals surface area contributed by atoms with Crippen molar-refractivity contribution in [2.75, 3.05) is 23.9 Å². The summed E-state index contributed by atoms with van der Waals surface area (Å²) in [5, 5.41) is 3.41. The molecule has 0 bridgehead atoms. The second-order valence-electron chi connectivity index (χ2n) is 6.02. The fraction of sp³-hybridized carbons (Fsp3) is 0.444. The Kier molecular flexibility index (Phi) is 4.65. The van der Waals surface area contributed by atoms with Crippen LogP contribution < -0.4 is 15.0 Å². The maximum Gasteiger partial charge on any atom is 0.134 e. The second-order valence-corrected chi connectivity index (χ2v) is 6.02. The van der Waals surface area contributed by atoms with Gasteiger partial charge in [0.25, 0.3) is 0 Å². The van der Waals surface area contributed by atoms with Gasteiger partial charge in [0.05, 0.1) is 7.11 Å². The van der Waals surface area contributed by atoms with Gasteiger partial charge in [-0.25, -0.2) is 9.97 Å². The number of nitrogens with zero attached hydrogens (tertiary/aromatic N) is 3. The zero-order chi connectivity index (χ0) is 16.2. The van der Waals surface area contributed by atoms with Gasteiger partial charge in [-0.05, 0) is 43.0 Å². The first-order chi connectivity index (χ1) is 11.2. The molecule has 1 aromatic carbocycles. The molecular formula is C18H24N4O. The zero-order valence-electron chi connectivity index (χ0n) is 14.0. The number of rotatable bonds is 5. The monoisotopic (exact) mass is 312 g/mol. The predicted molar refractivity (Wildman–Crippen MR) is 93.2 cm³/mol. The van der Waals surface area contributed by atoms with Crippen LogP contribution in [0.5, 0.6) is 5.75 Å². The third-order valence-corrected chi connectivity index (χ3v) is 4.41. The molecule has 2 heterocycles. The first-order valence-electron chi connectivity index (χ1n) is 8.19. The van der Waals surface area contributed by atoms with E-state index >= 15 is 0 Å². The first kappa shape index (κ1) is 15.6. The van der Waals surface area contributed by atoms with Crippen molar-refractivity contribution in [3.8, 4) is 5.75 Å². The normalized spacial score (nSPS) is 15.0. The molecule has 0 amide bonds. The highest BCUT2D eigenvalue weighted by Gasteiger charge is 2.18. The summed E-state index contributed by atoms with van der Waals surface area (Å²) in [6.45, 7) is 6.15. The molecule has 1 aliphatic heterocycles. The van der Waals surface area contributed by atoms with Gasteiger partial charge in [0.2, 0.25) is 0 Å². The van der Waals surface area contributed by atoms with Crippen LogP contribution in [0.2, 0.25) is 0 Å². The highest BCUT2D eigenvalue weighted by Crippen LogP contribution is 2.27. The first-order valence-corrected chi connectivity index (χ1v) is 8.19. The maximum atomic E-state index is 5.31. The summed E-state index contributed by atoms with van der Waals surface area (Å²) in [5.74, 6) is 2.80. The highest BCUT2D eigenvalue weighted by atomic mass is 16.5. The van der Waals surface area contributed by atoms with Crippen LogP contribution in [0, 0.1) is 0 Å². The Morgan fingerprint density at radius 2 is 2.13 bits per heavy atom. The van der Waals surface area contributed by atoms with Crippen LogP contribution >= 0.6 is 0 Å². The van der Waals surface area contributed by atoms with Gasteiger partial charge in [-0.2, -0.15) is 0 Å². The third-order valence-electron chi connectivity index (χ3n) is 4.41. The van der Waals surface area contributed by atoms with Gasteiger partial charge in [-0.1, -0.05) is 13.0 Å². The number of anilines is 2. The van der Waals surface area contributed by atoms with Crippen molar-refractivity contribution < 1.29 is 4.74 Å². The van der Waals surface area contributed by atoms with Crippen LogP contribution in [-0.4, -0.2) is 29.7 Å². The van der Waals surface area contributed by atoms with Crippen LogP contribution in [0.4, 0.5) is 11.6 Å².